The van der Waals surface area contributed by atoms with Gasteiger partial charge in [-0.2, -0.15) is 0 Å². The highest BCUT2D eigenvalue weighted by atomic mass is 16.6. The van der Waals surface area contributed by atoms with E-state index in [0.717, 1.165) is 23.3 Å². The number of benzene rings is 4. The van der Waals surface area contributed by atoms with Gasteiger partial charge in [-0.25, -0.2) is 19.2 Å². The van der Waals surface area contributed by atoms with Crippen molar-refractivity contribution in [3.63, 3.8) is 0 Å². The number of ether oxygens (including phenoxy) is 10. The number of carbonyl (C=O) groups excluding carboxylic acids is 4. The minimum Gasteiger partial charge on any atom is -0.491 e. The third kappa shape index (κ3) is 16.8. The topological polar surface area (TPSA) is 161 Å². The minimum absolute atomic E-state index is 0.153. The third-order valence-corrected chi connectivity index (χ3v) is 7.66. The van der Waals surface area contributed by atoms with Gasteiger partial charge in [0.05, 0.1) is 64.0 Å². The number of esters is 4. The molecule has 4 aromatic carbocycles. The van der Waals surface area contributed by atoms with Gasteiger partial charge in [-0.1, -0.05) is 37.4 Å². The average molecular weight is 799 g/mol. The van der Waals surface area contributed by atoms with Crippen molar-refractivity contribution in [1.82, 2.24) is 0 Å². The van der Waals surface area contributed by atoms with Crippen LogP contribution in [0.25, 0.3) is 11.1 Å². The van der Waals surface area contributed by atoms with E-state index in [-0.39, 0.29) is 26.4 Å². The largest absolute Gasteiger partial charge is 0.491 e. The molecule has 14 nitrogen and oxygen atoms in total. The van der Waals surface area contributed by atoms with E-state index in [2.05, 4.69) is 13.2 Å². The lowest BCUT2D eigenvalue weighted by molar-refractivity contribution is -0.140. The highest BCUT2D eigenvalue weighted by Gasteiger charge is 2.12. The fourth-order valence-electron chi connectivity index (χ4n) is 4.74. The number of hydrogen-bond donors (Lipinski definition) is 0. The first-order valence-electron chi connectivity index (χ1n) is 18.3. The van der Waals surface area contributed by atoms with Gasteiger partial charge < -0.3 is 47.4 Å². The zero-order valence-electron chi connectivity index (χ0n) is 32.0. The van der Waals surface area contributed by atoms with Gasteiger partial charge in [0.1, 0.15) is 49.4 Å². The van der Waals surface area contributed by atoms with Crippen LogP contribution in [0.3, 0.4) is 0 Å². The van der Waals surface area contributed by atoms with Crippen LogP contribution in [0, 0.1) is 0 Å². The standard InChI is InChI=1S/C44H46O14/c1-3-41(45)55-31-27-51-23-21-49-25-29-53-37-13-9-35(10-14-37)43(47)57-39-17-5-33(6-18-39)34-7-19-40(20-8-34)58-44(48)36-11-15-38(16-12-36)54-30-26-50-22-24-52-28-32-56-42(46)4-2/h3-20H,1-2,21-32H2. The van der Waals surface area contributed by atoms with Crippen LogP contribution in [0.5, 0.6) is 23.0 Å². The maximum Gasteiger partial charge on any atom is 0.343 e. The lowest BCUT2D eigenvalue weighted by atomic mass is 10.1. The van der Waals surface area contributed by atoms with E-state index >= 15 is 0 Å². The van der Waals surface area contributed by atoms with Crippen LogP contribution in [0.4, 0.5) is 0 Å². The Labute approximate surface area is 336 Å². The summed E-state index contributed by atoms with van der Waals surface area (Å²) in [5.41, 5.74) is 2.48. The van der Waals surface area contributed by atoms with Gasteiger partial charge in [-0.3, -0.25) is 0 Å². The van der Waals surface area contributed by atoms with E-state index in [1.54, 1.807) is 72.8 Å². The van der Waals surface area contributed by atoms with E-state index in [1.807, 2.05) is 24.3 Å². The maximum absolute atomic E-state index is 12.7. The molecule has 0 amide bonds. The normalized spacial score (nSPS) is 10.6. The highest BCUT2D eigenvalue weighted by Crippen LogP contribution is 2.26. The predicted octanol–water partition coefficient (Wildman–Crippen LogP) is 6.07. The van der Waals surface area contributed by atoms with Crippen LogP contribution in [0.15, 0.2) is 122 Å². The molecule has 0 saturated heterocycles. The highest BCUT2D eigenvalue weighted by molar-refractivity contribution is 5.92. The Balaban J connectivity index is 1.09. The Morgan fingerprint density at radius 1 is 0.379 bits per heavy atom. The summed E-state index contributed by atoms with van der Waals surface area (Å²) in [7, 11) is 0. The molecule has 0 N–H and O–H groups in total. The molecule has 14 heteroatoms. The van der Waals surface area contributed by atoms with Crippen molar-refractivity contribution in [2.75, 3.05) is 79.3 Å². The number of hydrogen-bond acceptors (Lipinski definition) is 14. The van der Waals surface area contributed by atoms with Gasteiger partial charge >= 0.3 is 23.9 Å². The summed E-state index contributed by atoms with van der Waals surface area (Å²) in [4.78, 5) is 47.4. The first-order valence-corrected chi connectivity index (χ1v) is 18.3. The molecule has 0 atom stereocenters. The fraction of sp³-hybridized carbons (Fsp3) is 0.273. The summed E-state index contributed by atoms with van der Waals surface area (Å²) in [6.07, 6.45) is 2.19. The molecule has 0 bridgehead atoms. The zero-order valence-corrected chi connectivity index (χ0v) is 32.0. The molecule has 0 fully saturated rings. The van der Waals surface area contributed by atoms with E-state index in [4.69, 9.17) is 47.4 Å². The molecule has 4 aromatic rings. The molecule has 0 aliphatic rings. The Morgan fingerprint density at radius 3 is 1.00 bits per heavy atom. The van der Waals surface area contributed by atoms with Crippen LogP contribution in [0.1, 0.15) is 20.7 Å². The van der Waals surface area contributed by atoms with Crippen LogP contribution in [-0.2, 0) is 38.0 Å². The molecule has 58 heavy (non-hydrogen) atoms. The SMILES string of the molecule is C=CC(=O)OCCOCCOCCOc1ccc(C(=O)Oc2ccc(-c3ccc(OC(=O)c4ccc(OCCOCCOCCOC(=O)C=C)cc4)cc3)cc2)cc1. The molecule has 0 saturated carbocycles. The lowest BCUT2D eigenvalue weighted by Gasteiger charge is -2.10. The Hall–Kier alpha value is -6.32. The Bertz CT molecular complexity index is 1730. The second-order valence-electron chi connectivity index (χ2n) is 11.8. The maximum atomic E-state index is 12.7. The molecule has 0 aliphatic heterocycles. The summed E-state index contributed by atoms with van der Waals surface area (Å²) < 4.78 is 53.5. The lowest BCUT2D eigenvalue weighted by Crippen LogP contribution is -2.13. The Kier molecular flexibility index (Phi) is 19.7. The third-order valence-electron chi connectivity index (χ3n) is 7.66. The zero-order chi connectivity index (χ0) is 41.2. The summed E-state index contributed by atoms with van der Waals surface area (Å²) in [5, 5.41) is 0. The molecule has 0 unspecified atom stereocenters. The summed E-state index contributed by atoms with van der Waals surface area (Å²) in [5.74, 6) is -0.0873. The first kappa shape index (κ1) is 44.4. The molecule has 0 spiro atoms. The van der Waals surface area contributed by atoms with Crippen molar-refractivity contribution < 1.29 is 66.5 Å². The van der Waals surface area contributed by atoms with Gasteiger partial charge in [0.25, 0.3) is 0 Å². The Morgan fingerprint density at radius 2 is 0.672 bits per heavy atom. The smallest absolute Gasteiger partial charge is 0.343 e. The molecule has 0 aliphatic carbocycles. The van der Waals surface area contributed by atoms with E-state index in [9.17, 15) is 19.2 Å². The average Bonchev–Trinajstić information content (AvgIpc) is 3.25. The van der Waals surface area contributed by atoms with Crippen LogP contribution in [0.2, 0.25) is 0 Å². The van der Waals surface area contributed by atoms with Crippen LogP contribution in [-0.4, -0.2) is 103 Å². The molecule has 306 valence electrons. The first-order chi connectivity index (χ1) is 28.3. The van der Waals surface area contributed by atoms with Crippen molar-refractivity contribution in [3.05, 3.63) is 133 Å². The molecular weight excluding hydrogens is 752 g/mol. The monoisotopic (exact) mass is 798 g/mol. The van der Waals surface area contributed by atoms with E-state index in [1.165, 1.54) is 0 Å². The van der Waals surface area contributed by atoms with Crippen molar-refractivity contribution in [2.24, 2.45) is 0 Å². The van der Waals surface area contributed by atoms with Crippen molar-refractivity contribution in [2.45, 2.75) is 0 Å². The molecular formula is C44H46O14. The van der Waals surface area contributed by atoms with Gasteiger partial charge in [0.2, 0.25) is 0 Å². The van der Waals surface area contributed by atoms with Crippen molar-refractivity contribution in [3.8, 4) is 34.1 Å². The van der Waals surface area contributed by atoms with Gasteiger partial charge in [0.15, 0.2) is 0 Å². The van der Waals surface area contributed by atoms with E-state index < -0.39 is 23.9 Å². The molecule has 4 rings (SSSR count). The van der Waals surface area contributed by atoms with Crippen molar-refractivity contribution >= 4 is 23.9 Å². The molecule has 0 aromatic heterocycles. The second kappa shape index (κ2) is 25.8. The molecule has 0 radical (unpaired) electrons. The fourth-order valence-corrected chi connectivity index (χ4v) is 4.74. The number of carbonyl (C=O) groups is 4. The van der Waals surface area contributed by atoms with Gasteiger partial charge in [0, 0.05) is 12.2 Å². The minimum atomic E-state index is -0.512. The van der Waals surface area contributed by atoms with Crippen LogP contribution >= 0.6 is 0 Å². The second-order valence-corrected chi connectivity index (χ2v) is 11.8. The van der Waals surface area contributed by atoms with E-state index in [0.29, 0.717) is 87.0 Å². The summed E-state index contributed by atoms with van der Waals surface area (Å²) >= 11 is 0. The quantitative estimate of drug-likeness (QED) is 0.0296. The summed E-state index contributed by atoms with van der Waals surface area (Å²) in [6, 6.07) is 27.3. The predicted molar refractivity (Wildman–Crippen MR) is 211 cm³/mol. The van der Waals surface area contributed by atoms with Gasteiger partial charge in [-0.15, -0.1) is 0 Å². The van der Waals surface area contributed by atoms with Crippen molar-refractivity contribution in [1.29, 1.82) is 0 Å². The number of rotatable bonds is 27. The molecule has 0 heterocycles. The van der Waals surface area contributed by atoms with Crippen LogP contribution < -0.4 is 18.9 Å². The van der Waals surface area contributed by atoms with Gasteiger partial charge in [-0.05, 0) is 83.9 Å². The summed E-state index contributed by atoms with van der Waals surface area (Å²) in [6.45, 7) is 10.2.